The summed E-state index contributed by atoms with van der Waals surface area (Å²) in [6.45, 7) is 4.45. The van der Waals surface area contributed by atoms with Gasteiger partial charge in [-0.1, -0.05) is 24.3 Å². The maximum absolute atomic E-state index is 14.1. The molecule has 2 aromatic rings. The molecule has 2 aliphatic heterocycles. The molecule has 10 heteroatoms. The fourth-order valence-corrected chi connectivity index (χ4v) is 4.34. The van der Waals surface area contributed by atoms with Gasteiger partial charge < -0.3 is 10.1 Å². The van der Waals surface area contributed by atoms with Gasteiger partial charge in [-0.25, -0.2) is 4.79 Å². The predicted octanol–water partition coefficient (Wildman–Crippen LogP) is 4.55. The van der Waals surface area contributed by atoms with E-state index in [2.05, 4.69) is 10.3 Å². The molecule has 1 N–H and O–H groups in total. The molecule has 4 rings (SSSR count). The van der Waals surface area contributed by atoms with Gasteiger partial charge in [0.2, 0.25) is 0 Å². The van der Waals surface area contributed by atoms with Crippen molar-refractivity contribution in [2.75, 3.05) is 38.7 Å². The lowest BCUT2D eigenvalue weighted by atomic mass is 10.0. The molecule has 3 amide bonds. The van der Waals surface area contributed by atoms with Crippen molar-refractivity contribution in [1.29, 1.82) is 0 Å². The first kappa shape index (κ1) is 22.9. The molecule has 33 heavy (non-hydrogen) atoms. The smallest absolute Gasteiger partial charge is 0.378 e. The number of carbonyl (C=O) groups excluding carboxylic acids is 2. The molecule has 2 aromatic carbocycles. The fourth-order valence-electron chi connectivity index (χ4n) is 4.34. The number of hydrogen-bond acceptors (Lipinski definition) is 4. The minimum Gasteiger partial charge on any atom is -0.378 e. The van der Waals surface area contributed by atoms with Gasteiger partial charge in [-0.05, 0) is 31.0 Å². The molecule has 1 atom stereocenters. The maximum atomic E-state index is 14.1. The molecular weight excluding hydrogens is 437 g/mol. The number of hydrogen-bond donors (Lipinski definition) is 1. The zero-order chi connectivity index (χ0) is 24.0. The maximum Gasteiger partial charge on any atom is 0.488 e. The second-order valence-electron chi connectivity index (χ2n) is 8.22. The third-order valence-electron chi connectivity index (χ3n) is 6.01. The van der Waals surface area contributed by atoms with Crippen LogP contribution in [0.2, 0.25) is 0 Å². The van der Waals surface area contributed by atoms with Crippen LogP contribution in [0, 0.1) is 13.8 Å². The number of amides is 3. The summed E-state index contributed by atoms with van der Waals surface area (Å²) in [5.41, 5.74) is 2.00. The number of fused-ring (bicyclic) bond motifs is 1. The van der Waals surface area contributed by atoms with E-state index in [-0.39, 0.29) is 43.4 Å². The SMILES string of the molecule is Cc1cccc(C)c1C(=O)Nc1cccc2c1N=C(C(F)(F)F)[N+]2(C)C(=O)N1CCOCC1. The van der Waals surface area contributed by atoms with Crippen LogP contribution in [0.5, 0.6) is 0 Å². The van der Waals surface area contributed by atoms with Gasteiger partial charge in [0.25, 0.3) is 5.91 Å². The number of nitrogens with one attached hydrogen (secondary N) is 1. The summed E-state index contributed by atoms with van der Waals surface area (Å²) in [4.78, 5) is 31.6. The minimum absolute atomic E-state index is 0.0538. The second-order valence-corrected chi connectivity index (χ2v) is 8.22. The molecule has 1 saturated heterocycles. The van der Waals surface area contributed by atoms with Crippen LogP contribution in [0.4, 0.5) is 35.0 Å². The van der Waals surface area contributed by atoms with Gasteiger partial charge in [-0.3, -0.25) is 9.69 Å². The molecule has 0 aromatic heterocycles. The number of nitrogens with zero attached hydrogens (tertiary/aromatic N) is 3. The number of morpholine rings is 1. The molecule has 174 valence electrons. The summed E-state index contributed by atoms with van der Waals surface area (Å²) >= 11 is 0. The average Bonchev–Trinajstić information content (AvgIpc) is 3.09. The van der Waals surface area contributed by atoms with E-state index in [1.807, 2.05) is 6.07 Å². The van der Waals surface area contributed by atoms with Crippen LogP contribution in [-0.4, -0.2) is 62.2 Å². The van der Waals surface area contributed by atoms with Crippen LogP contribution in [-0.2, 0) is 4.74 Å². The number of para-hydroxylation sites is 1. The first-order chi connectivity index (χ1) is 15.5. The lowest BCUT2D eigenvalue weighted by Crippen LogP contribution is -2.64. The number of alkyl halides is 3. The zero-order valence-electron chi connectivity index (χ0n) is 18.5. The van der Waals surface area contributed by atoms with Crippen molar-refractivity contribution in [2.45, 2.75) is 20.0 Å². The Hall–Kier alpha value is -3.24. The van der Waals surface area contributed by atoms with Crippen molar-refractivity contribution < 1.29 is 27.5 Å². The Morgan fingerprint density at radius 3 is 2.27 bits per heavy atom. The summed E-state index contributed by atoms with van der Waals surface area (Å²) in [6.07, 6.45) is -4.86. The van der Waals surface area contributed by atoms with Crippen molar-refractivity contribution in [3.63, 3.8) is 0 Å². The second kappa shape index (κ2) is 8.27. The fraction of sp³-hybridized carbons (Fsp3) is 0.348. The first-order valence-electron chi connectivity index (χ1n) is 10.5. The molecule has 2 heterocycles. The number of carbonyl (C=O) groups is 2. The van der Waals surface area contributed by atoms with E-state index in [0.717, 1.165) is 11.1 Å². The Morgan fingerprint density at radius 1 is 1.06 bits per heavy atom. The summed E-state index contributed by atoms with van der Waals surface area (Å²) in [7, 11) is 1.19. The van der Waals surface area contributed by atoms with Crippen molar-refractivity contribution in [3.05, 3.63) is 53.1 Å². The number of amidine groups is 1. The summed E-state index contributed by atoms with van der Waals surface area (Å²) in [5, 5.41) is 2.70. The highest BCUT2D eigenvalue weighted by Crippen LogP contribution is 2.48. The first-order valence-corrected chi connectivity index (χ1v) is 10.5. The Labute approximate surface area is 189 Å². The number of aliphatic imine (C=N–C) groups is 1. The Morgan fingerprint density at radius 2 is 1.67 bits per heavy atom. The van der Waals surface area contributed by atoms with Gasteiger partial charge in [0, 0.05) is 24.7 Å². The molecule has 0 radical (unpaired) electrons. The molecule has 0 aliphatic carbocycles. The van der Waals surface area contributed by atoms with Crippen LogP contribution in [0.3, 0.4) is 0 Å². The van der Waals surface area contributed by atoms with Crippen LogP contribution < -0.4 is 9.80 Å². The number of halogens is 3. The van der Waals surface area contributed by atoms with E-state index >= 15 is 0 Å². The Bertz CT molecular complexity index is 1140. The number of urea groups is 1. The predicted molar refractivity (Wildman–Crippen MR) is 119 cm³/mol. The van der Waals surface area contributed by atoms with Crippen LogP contribution in [0.25, 0.3) is 0 Å². The zero-order valence-corrected chi connectivity index (χ0v) is 18.5. The highest BCUT2D eigenvalue weighted by molar-refractivity contribution is 6.20. The van der Waals surface area contributed by atoms with Crippen LogP contribution in [0.15, 0.2) is 41.4 Å². The molecular formula is C23H24F3N4O3+. The molecule has 7 nitrogen and oxygen atoms in total. The summed E-state index contributed by atoms with van der Waals surface area (Å²) in [6, 6.07) is 9.07. The number of benzene rings is 2. The van der Waals surface area contributed by atoms with Gasteiger partial charge >= 0.3 is 18.0 Å². The van der Waals surface area contributed by atoms with Gasteiger partial charge in [0.05, 0.1) is 25.9 Å². The third-order valence-corrected chi connectivity index (χ3v) is 6.01. The van der Waals surface area contributed by atoms with Gasteiger partial charge in [-0.2, -0.15) is 22.6 Å². The van der Waals surface area contributed by atoms with Crippen LogP contribution >= 0.6 is 0 Å². The summed E-state index contributed by atoms with van der Waals surface area (Å²) < 4.78 is 46.3. The lowest BCUT2D eigenvalue weighted by molar-refractivity contribution is -0.0659. The van der Waals surface area contributed by atoms with E-state index in [1.54, 1.807) is 26.0 Å². The van der Waals surface area contributed by atoms with E-state index in [1.165, 1.54) is 30.1 Å². The van der Waals surface area contributed by atoms with Crippen molar-refractivity contribution >= 4 is 34.8 Å². The Balaban J connectivity index is 1.78. The number of rotatable bonds is 2. The number of quaternary nitrogens is 1. The minimum atomic E-state index is -4.86. The largest absolute Gasteiger partial charge is 0.488 e. The number of anilines is 1. The molecule has 1 fully saturated rings. The molecule has 0 spiro atoms. The van der Waals surface area contributed by atoms with Crippen molar-refractivity contribution in [2.24, 2.45) is 4.99 Å². The van der Waals surface area contributed by atoms with E-state index in [4.69, 9.17) is 4.74 Å². The highest BCUT2D eigenvalue weighted by atomic mass is 19.4. The van der Waals surface area contributed by atoms with Crippen molar-refractivity contribution in [1.82, 2.24) is 9.38 Å². The number of ether oxygens (including phenoxy) is 1. The van der Waals surface area contributed by atoms with E-state index in [0.29, 0.717) is 5.56 Å². The van der Waals surface area contributed by atoms with E-state index in [9.17, 15) is 22.8 Å². The topological polar surface area (TPSA) is 71.0 Å². The lowest BCUT2D eigenvalue weighted by Gasteiger charge is -2.34. The average molecular weight is 461 g/mol. The Kier molecular flexibility index (Phi) is 5.75. The highest BCUT2D eigenvalue weighted by Gasteiger charge is 2.61. The normalized spacial score (nSPS) is 20.3. The van der Waals surface area contributed by atoms with E-state index < -0.39 is 28.4 Å². The molecule has 0 saturated carbocycles. The van der Waals surface area contributed by atoms with Crippen molar-refractivity contribution in [3.8, 4) is 0 Å². The van der Waals surface area contributed by atoms with Gasteiger partial charge in [-0.15, -0.1) is 0 Å². The summed E-state index contributed by atoms with van der Waals surface area (Å²) in [5.74, 6) is -1.70. The van der Waals surface area contributed by atoms with Crippen LogP contribution in [0.1, 0.15) is 21.5 Å². The third kappa shape index (κ3) is 3.89. The van der Waals surface area contributed by atoms with Gasteiger partial charge in [0.1, 0.15) is 0 Å². The standard InChI is InChI=1S/C23H23F3N4O3/c1-14-6-4-7-15(2)18(14)20(31)27-16-8-5-9-17-19(16)28-21(23(24,25)26)30(17,3)22(32)29-10-12-33-13-11-29/h4-9H,10-13H2,1-3H3/p+1. The molecule has 0 bridgehead atoms. The molecule has 1 unspecified atom stereocenters. The van der Waals surface area contributed by atoms with Gasteiger partial charge in [0.15, 0.2) is 11.4 Å². The monoisotopic (exact) mass is 461 g/mol. The quantitative estimate of drug-likeness (QED) is 0.667. The molecule has 2 aliphatic rings. The number of aryl methyl sites for hydroxylation is 2.